The summed E-state index contributed by atoms with van der Waals surface area (Å²) in [6, 6.07) is 11.7. The SMILES string of the molecule is COc1ccc(S(=O)(=O)NCC(=O)N/N=C\c2cccc(C)c2)cc1OC. The Morgan fingerprint density at radius 2 is 1.85 bits per heavy atom. The summed E-state index contributed by atoms with van der Waals surface area (Å²) >= 11 is 0. The van der Waals surface area contributed by atoms with E-state index in [0.29, 0.717) is 5.75 Å². The average molecular weight is 391 g/mol. The average Bonchev–Trinajstić information content (AvgIpc) is 2.66. The first-order chi connectivity index (χ1) is 12.9. The second-order valence-corrected chi connectivity index (χ2v) is 7.32. The van der Waals surface area contributed by atoms with Crippen molar-refractivity contribution >= 4 is 22.1 Å². The molecule has 9 heteroatoms. The highest BCUT2D eigenvalue weighted by atomic mass is 32.2. The number of nitrogens with zero attached hydrogens (tertiary/aromatic N) is 1. The van der Waals surface area contributed by atoms with Gasteiger partial charge >= 0.3 is 0 Å². The van der Waals surface area contributed by atoms with Crippen molar-refractivity contribution in [1.29, 1.82) is 0 Å². The maximum atomic E-state index is 12.3. The van der Waals surface area contributed by atoms with E-state index in [-0.39, 0.29) is 10.6 Å². The quantitative estimate of drug-likeness (QED) is 0.523. The Labute approximate surface area is 158 Å². The van der Waals surface area contributed by atoms with Crippen molar-refractivity contribution in [2.75, 3.05) is 20.8 Å². The minimum absolute atomic E-state index is 0.0452. The van der Waals surface area contributed by atoms with Crippen LogP contribution in [0.15, 0.2) is 52.5 Å². The first-order valence-corrected chi connectivity index (χ1v) is 9.44. The Balaban J connectivity index is 1.95. The van der Waals surface area contributed by atoms with Crippen LogP contribution in [0.1, 0.15) is 11.1 Å². The molecule has 0 bridgehead atoms. The van der Waals surface area contributed by atoms with E-state index in [1.54, 1.807) is 0 Å². The highest BCUT2D eigenvalue weighted by Gasteiger charge is 2.18. The number of rotatable bonds is 8. The van der Waals surface area contributed by atoms with Gasteiger partial charge in [0.05, 0.1) is 31.9 Å². The molecule has 2 rings (SSSR count). The molecule has 0 aliphatic heterocycles. The molecule has 144 valence electrons. The molecule has 0 saturated heterocycles. The maximum Gasteiger partial charge on any atom is 0.255 e. The predicted molar refractivity (Wildman–Crippen MR) is 102 cm³/mol. The molecule has 2 aromatic carbocycles. The standard InChI is InChI=1S/C18H21N3O5S/c1-13-5-4-6-14(9-13)11-19-21-18(22)12-20-27(23,24)15-7-8-16(25-2)17(10-15)26-3/h4-11,20H,12H2,1-3H3,(H,21,22)/b19-11-. The van der Waals surface area contributed by atoms with E-state index in [2.05, 4.69) is 15.2 Å². The summed E-state index contributed by atoms with van der Waals surface area (Å²) < 4.78 is 37.0. The summed E-state index contributed by atoms with van der Waals surface area (Å²) in [5, 5.41) is 3.81. The van der Waals surface area contributed by atoms with Gasteiger partial charge in [-0.15, -0.1) is 0 Å². The van der Waals surface area contributed by atoms with Crippen LogP contribution in [0, 0.1) is 6.92 Å². The number of nitrogens with one attached hydrogen (secondary N) is 2. The number of ether oxygens (including phenoxy) is 2. The van der Waals surface area contributed by atoms with E-state index in [1.807, 2.05) is 31.2 Å². The molecule has 0 spiro atoms. The first-order valence-electron chi connectivity index (χ1n) is 7.96. The van der Waals surface area contributed by atoms with Crippen LogP contribution in [0.2, 0.25) is 0 Å². The summed E-state index contributed by atoms with van der Waals surface area (Å²) in [4.78, 5) is 11.8. The number of amides is 1. The molecule has 0 aliphatic rings. The van der Waals surface area contributed by atoms with Crippen LogP contribution in [0.5, 0.6) is 11.5 Å². The molecule has 0 unspecified atom stereocenters. The number of aryl methyl sites for hydroxylation is 1. The molecule has 2 aromatic rings. The molecule has 0 saturated carbocycles. The van der Waals surface area contributed by atoms with Gasteiger partial charge < -0.3 is 9.47 Å². The van der Waals surface area contributed by atoms with Crippen LogP contribution >= 0.6 is 0 Å². The third kappa shape index (κ3) is 5.80. The summed E-state index contributed by atoms with van der Waals surface area (Å²) in [7, 11) is -1.04. The highest BCUT2D eigenvalue weighted by molar-refractivity contribution is 7.89. The minimum Gasteiger partial charge on any atom is -0.493 e. The number of methoxy groups -OCH3 is 2. The molecule has 0 heterocycles. The smallest absolute Gasteiger partial charge is 0.255 e. The lowest BCUT2D eigenvalue weighted by atomic mass is 10.2. The van der Waals surface area contributed by atoms with Crippen LogP contribution in [0.3, 0.4) is 0 Å². The van der Waals surface area contributed by atoms with Crippen molar-refractivity contribution < 1.29 is 22.7 Å². The number of hydrogen-bond acceptors (Lipinski definition) is 6. The van der Waals surface area contributed by atoms with Gasteiger partial charge in [-0.25, -0.2) is 18.6 Å². The van der Waals surface area contributed by atoms with Gasteiger partial charge in [-0.05, 0) is 24.6 Å². The summed E-state index contributed by atoms with van der Waals surface area (Å²) in [5.41, 5.74) is 4.16. The van der Waals surface area contributed by atoms with Crippen molar-refractivity contribution in [2.24, 2.45) is 5.10 Å². The molecular weight excluding hydrogens is 370 g/mol. The molecule has 1 amide bonds. The van der Waals surface area contributed by atoms with Gasteiger partial charge in [-0.2, -0.15) is 5.10 Å². The summed E-state index contributed by atoms with van der Waals surface area (Å²) in [6.45, 7) is 1.49. The van der Waals surface area contributed by atoms with Crippen molar-refractivity contribution in [2.45, 2.75) is 11.8 Å². The predicted octanol–water partition coefficient (Wildman–Crippen LogP) is 1.44. The number of hydrazone groups is 1. The molecule has 8 nitrogen and oxygen atoms in total. The molecule has 0 radical (unpaired) electrons. The molecule has 27 heavy (non-hydrogen) atoms. The minimum atomic E-state index is -3.89. The van der Waals surface area contributed by atoms with Gasteiger partial charge in [-0.1, -0.05) is 29.8 Å². The second kappa shape index (κ2) is 9.15. The van der Waals surface area contributed by atoms with Crippen LogP contribution in [-0.4, -0.2) is 41.3 Å². The lowest BCUT2D eigenvalue weighted by Gasteiger charge is -2.10. The van der Waals surface area contributed by atoms with E-state index < -0.39 is 22.5 Å². The zero-order chi connectivity index (χ0) is 19.9. The molecule has 0 atom stereocenters. The largest absolute Gasteiger partial charge is 0.493 e. The van der Waals surface area contributed by atoms with E-state index in [9.17, 15) is 13.2 Å². The molecule has 2 N–H and O–H groups in total. The van der Waals surface area contributed by atoms with Crippen LogP contribution in [-0.2, 0) is 14.8 Å². The number of benzene rings is 2. The van der Waals surface area contributed by atoms with Crippen molar-refractivity contribution in [1.82, 2.24) is 10.1 Å². The van der Waals surface area contributed by atoms with Crippen molar-refractivity contribution in [3.63, 3.8) is 0 Å². The summed E-state index contributed by atoms with van der Waals surface area (Å²) in [5.74, 6) is 0.0789. The third-order valence-corrected chi connectivity index (χ3v) is 4.93. The van der Waals surface area contributed by atoms with E-state index in [0.717, 1.165) is 11.1 Å². The first kappa shape index (κ1) is 20.4. The van der Waals surface area contributed by atoms with Gasteiger partial charge in [0.25, 0.3) is 5.91 Å². The Hall–Kier alpha value is -2.91. The lowest BCUT2D eigenvalue weighted by molar-refractivity contribution is -0.119. The molecule has 0 aliphatic carbocycles. The Morgan fingerprint density at radius 3 is 2.52 bits per heavy atom. The van der Waals surface area contributed by atoms with Gasteiger partial charge in [0, 0.05) is 6.07 Å². The highest BCUT2D eigenvalue weighted by Crippen LogP contribution is 2.29. The van der Waals surface area contributed by atoms with Crippen molar-refractivity contribution in [3.05, 3.63) is 53.6 Å². The zero-order valence-corrected chi connectivity index (χ0v) is 16.0. The molecule has 0 aromatic heterocycles. The fourth-order valence-corrected chi connectivity index (χ4v) is 3.19. The van der Waals surface area contributed by atoms with Gasteiger partial charge in [0.15, 0.2) is 11.5 Å². The summed E-state index contributed by atoms with van der Waals surface area (Å²) in [6.07, 6.45) is 1.48. The van der Waals surface area contributed by atoms with Crippen LogP contribution in [0.25, 0.3) is 0 Å². The Bertz CT molecular complexity index is 942. The van der Waals surface area contributed by atoms with Crippen molar-refractivity contribution in [3.8, 4) is 11.5 Å². The third-order valence-electron chi connectivity index (χ3n) is 3.53. The lowest BCUT2D eigenvalue weighted by Crippen LogP contribution is -2.34. The second-order valence-electron chi connectivity index (χ2n) is 5.55. The van der Waals surface area contributed by atoms with Crippen LogP contribution in [0.4, 0.5) is 0 Å². The number of hydrogen-bond donors (Lipinski definition) is 2. The van der Waals surface area contributed by atoms with E-state index in [4.69, 9.17) is 9.47 Å². The maximum absolute atomic E-state index is 12.3. The number of sulfonamides is 1. The number of carbonyl (C=O) groups is 1. The van der Waals surface area contributed by atoms with E-state index in [1.165, 1.54) is 38.6 Å². The molecule has 0 fully saturated rings. The molecular formula is C18H21N3O5S. The van der Waals surface area contributed by atoms with Gasteiger partial charge in [-0.3, -0.25) is 4.79 Å². The normalized spacial score (nSPS) is 11.4. The zero-order valence-electron chi connectivity index (χ0n) is 15.2. The Kier molecular flexibility index (Phi) is 6.91. The fourth-order valence-electron chi connectivity index (χ4n) is 2.20. The number of carbonyl (C=O) groups excluding carboxylic acids is 1. The monoisotopic (exact) mass is 391 g/mol. The van der Waals surface area contributed by atoms with Crippen LogP contribution < -0.4 is 19.6 Å². The van der Waals surface area contributed by atoms with Gasteiger partial charge in [0.2, 0.25) is 10.0 Å². The fraction of sp³-hybridized carbons (Fsp3) is 0.222. The van der Waals surface area contributed by atoms with Gasteiger partial charge in [0.1, 0.15) is 0 Å². The Morgan fingerprint density at radius 1 is 1.11 bits per heavy atom. The topological polar surface area (TPSA) is 106 Å². The van der Waals surface area contributed by atoms with E-state index >= 15 is 0 Å².